The maximum atomic E-state index is 12.3. The largest absolute Gasteiger partial charge is 0.342 e. The zero-order valence-electron chi connectivity index (χ0n) is 12.7. The van der Waals surface area contributed by atoms with Crippen molar-refractivity contribution in [2.45, 2.75) is 17.7 Å². The van der Waals surface area contributed by atoms with Crippen LogP contribution in [0, 0.1) is 16.0 Å². The van der Waals surface area contributed by atoms with Gasteiger partial charge < -0.3 is 10.2 Å². The Labute approximate surface area is 134 Å². The number of hydrogen-bond acceptors (Lipinski definition) is 5. The first-order chi connectivity index (χ1) is 10.6. The van der Waals surface area contributed by atoms with Gasteiger partial charge in [-0.2, -0.15) is 0 Å². The molecule has 0 aliphatic carbocycles. The van der Waals surface area contributed by atoms with Gasteiger partial charge in [-0.15, -0.1) is 11.8 Å². The highest BCUT2D eigenvalue weighted by Gasteiger charge is 2.23. The van der Waals surface area contributed by atoms with Crippen LogP contribution in [0.15, 0.2) is 29.2 Å². The first-order valence-electron chi connectivity index (χ1n) is 7.39. The molecule has 1 unspecified atom stereocenters. The normalized spacial score (nSPS) is 18.2. The molecule has 0 saturated carbocycles. The molecule has 1 aliphatic rings. The Hall–Kier alpha value is -1.60. The van der Waals surface area contributed by atoms with Gasteiger partial charge in [-0.05, 0) is 44.5 Å². The van der Waals surface area contributed by atoms with E-state index in [9.17, 15) is 14.9 Å². The smallest absolute Gasteiger partial charge is 0.269 e. The zero-order chi connectivity index (χ0) is 15.9. The highest BCUT2D eigenvalue weighted by Crippen LogP contribution is 2.23. The molecule has 1 atom stereocenters. The van der Waals surface area contributed by atoms with Gasteiger partial charge in [0.1, 0.15) is 0 Å². The second-order valence-corrected chi connectivity index (χ2v) is 6.49. The molecule has 1 amide bonds. The summed E-state index contributed by atoms with van der Waals surface area (Å²) in [5.41, 5.74) is 0.0709. The predicted molar refractivity (Wildman–Crippen MR) is 87.1 cm³/mol. The molecule has 1 N–H and O–H groups in total. The Balaban J connectivity index is 1.83. The molecule has 0 spiro atoms. The molecule has 0 radical (unpaired) electrons. The molecule has 1 saturated heterocycles. The summed E-state index contributed by atoms with van der Waals surface area (Å²) < 4.78 is 0. The number of nitrogens with zero attached hydrogens (tertiary/aromatic N) is 2. The average molecular weight is 323 g/mol. The molecule has 1 fully saturated rings. The molecule has 0 aromatic heterocycles. The van der Waals surface area contributed by atoms with E-state index in [1.807, 2.05) is 11.9 Å². The van der Waals surface area contributed by atoms with Gasteiger partial charge in [0.15, 0.2) is 0 Å². The van der Waals surface area contributed by atoms with Crippen molar-refractivity contribution in [1.29, 1.82) is 0 Å². The molecule has 6 nitrogen and oxygen atoms in total. The third-order valence-electron chi connectivity index (χ3n) is 3.77. The van der Waals surface area contributed by atoms with Gasteiger partial charge >= 0.3 is 0 Å². The quantitative estimate of drug-likeness (QED) is 0.493. The van der Waals surface area contributed by atoms with Crippen molar-refractivity contribution in [3.8, 4) is 0 Å². The standard InChI is InChI=1S/C15H21N3O3S/c1-16-9-12-3-2-8-17(10-12)15(19)11-22-14-6-4-13(5-7-14)18(20)21/h4-7,12,16H,2-3,8-11H2,1H3. The molecule has 120 valence electrons. The second kappa shape index (κ2) is 8.14. The summed E-state index contributed by atoms with van der Waals surface area (Å²) in [6.07, 6.45) is 2.22. The average Bonchev–Trinajstić information content (AvgIpc) is 2.53. The molecule has 1 aliphatic heterocycles. The van der Waals surface area contributed by atoms with Crippen molar-refractivity contribution >= 4 is 23.4 Å². The fraction of sp³-hybridized carbons (Fsp3) is 0.533. The third kappa shape index (κ3) is 4.71. The summed E-state index contributed by atoms with van der Waals surface area (Å²) in [6, 6.07) is 6.32. The van der Waals surface area contributed by atoms with Crippen molar-refractivity contribution in [2.75, 3.05) is 32.4 Å². The Kier molecular flexibility index (Phi) is 6.21. The number of carbonyl (C=O) groups excluding carboxylic acids is 1. The van der Waals surface area contributed by atoms with Gasteiger partial charge in [0, 0.05) is 30.1 Å². The minimum atomic E-state index is -0.421. The van der Waals surface area contributed by atoms with Gasteiger partial charge in [0.05, 0.1) is 10.7 Å². The first kappa shape index (κ1) is 16.8. The lowest BCUT2D eigenvalue weighted by molar-refractivity contribution is -0.384. The summed E-state index contributed by atoms with van der Waals surface area (Å²) in [6.45, 7) is 2.60. The topological polar surface area (TPSA) is 75.5 Å². The minimum Gasteiger partial charge on any atom is -0.342 e. The molecule has 1 aromatic carbocycles. The number of non-ortho nitro benzene ring substituents is 1. The van der Waals surface area contributed by atoms with E-state index in [2.05, 4.69) is 5.32 Å². The van der Waals surface area contributed by atoms with Gasteiger partial charge in [-0.3, -0.25) is 14.9 Å². The number of nitro benzene ring substituents is 1. The summed E-state index contributed by atoms with van der Waals surface area (Å²) in [5.74, 6) is 1.06. The van der Waals surface area contributed by atoms with Crippen LogP contribution in [0.1, 0.15) is 12.8 Å². The van der Waals surface area contributed by atoms with E-state index in [4.69, 9.17) is 0 Å². The molecule has 1 heterocycles. The number of benzene rings is 1. The lowest BCUT2D eigenvalue weighted by atomic mass is 9.98. The van der Waals surface area contributed by atoms with Crippen LogP contribution in [0.25, 0.3) is 0 Å². The third-order valence-corrected chi connectivity index (χ3v) is 4.77. The number of hydrogen-bond donors (Lipinski definition) is 1. The molecular formula is C15H21N3O3S. The number of rotatable bonds is 6. The van der Waals surface area contributed by atoms with E-state index in [-0.39, 0.29) is 11.6 Å². The summed E-state index contributed by atoms with van der Waals surface area (Å²) in [4.78, 5) is 25.3. The summed E-state index contributed by atoms with van der Waals surface area (Å²) in [7, 11) is 1.94. The van der Waals surface area contributed by atoms with Gasteiger partial charge in [-0.1, -0.05) is 0 Å². The lowest BCUT2D eigenvalue weighted by Gasteiger charge is -2.32. The van der Waals surface area contributed by atoms with Crippen LogP contribution in [0.5, 0.6) is 0 Å². The predicted octanol–water partition coefficient (Wildman–Crippen LogP) is 2.14. The maximum Gasteiger partial charge on any atom is 0.269 e. The molecular weight excluding hydrogens is 302 g/mol. The summed E-state index contributed by atoms with van der Waals surface area (Å²) >= 11 is 1.43. The van der Waals surface area contributed by atoms with E-state index in [0.717, 1.165) is 31.0 Å². The van der Waals surface area contributed by atoms with E-state index in [0.29, 0.717) is 11.7 Å². The van der Waals surface area contributed by atoms with E-state index in [1.54, 1.807) is 12.1 Å². The fourth-order valence-corrected chi connectivity index (χ4v) is 3.45. The van der Waals surface area contributed by atoms with Crippen molar-refractivity contribution in [2.24, 2.45) is 5.92 Å². The summed E-state index contributed by atoms with van der Waals surface area (Å²) in [5, 5.41) is 13.8. The van der Waals surface area contributed by atoms with Crippen molar-refractivity contribution in [3.63, 3.8) is 0 Å². The Morgan fingerprint density at radius 1 is 1.45 bits per heavy atom. The molecule has 7 heteroatoms. The highest BCUT2D eigenvalue weighted by molar-refractivity contribution is 8.00. The van der Waals surface area contributed by atoms with Crippen molar-refractivity contribution < 1.29 is 9.72 Å². The number of carbonyl (C=O) groups is 1. The fourth-order valence-electron chi connectivity index (χ4n) is 2.65. The van der Waals surface area contributed by atoms with Gasteiger partial charge in [-0.25, -0.2) is 0 Å². The molecule has 0 bridgehead atoms. The first-order valence-corrected chi connectivity index (χ1v) is 8.38. The van der Waals surface area contributed by atoms with Gasteiger partial charge in [0.25, 0.3) is 5.69 Å². The van der Waals surface area contributed by atoms with Crippen LogP contribution in [0.2, 0.25) is 0 Å². The van der Waals surface area contributed by atoms with E-state index >= 15 is 0 Å². The van der Waals surface area contributed by atoms with E-state index < -0.39 is 4.92 Å². The van der Waals surface area contributed by atoms with Crippen LogP contribution in [0.4, 0.5) is 5.69 Å². The number of amides is 1. The highest BCUT2D eigenvalue weighted by atomic mass is 32.2. The van der Waals surface area contributed by atoms with Gasteiger partial charge in [0.2, 0.25) is 5.91 Å². The number of likely N-dealkylation sites (tertiary alicyclic amines) is 1. The monoisotopic (exact) mass is 323 g/mol. The number of thioether (sulfide) groups is 1. The van der Waals surface area contributed by atoms with Crippen LogP contribution >= 0.6 is 11.8 Å². The zero-order valence-corrected chi connectivity index (χ0v) is 13.5. The lowest BCUT2D eigenvalue weighted by Crippen LogP contribution is -2.43. The maximum absolute atomic E-state index is 12.3. The molecule has 2 rings (SSSR count). The van der Waals surface area contributed by atoms with Crippen molar-refractivity contribution in [3.05, 3.63) is 34.4 Å². The van der Waals surface area contributed by atoms with E-state index in [1.165, 1.54) is 30.3 Å². The second-order valence-electron chi connectivity index (χ2n) is 5.45. The van der Waals surface area contributed by atoms with Crippen molar-refractivity contribution in [1.82, 2.24) is 10.2 Å². The van der Waals surface area contributed by atoms with Crippen LogP contribution in [-0.2, 0) is 4.79 Å². The molecule has 22 heavy (non-hydrogen) atoms. The number of nitrogens with one attached hydrogen (secondary N) is 1. The number of piperidine rings is 1. The Morgan fingerprint density at radius 2 is 2.18 bits per heavy atom. The molecule has 1 aromatic rings. The Morgan fingerprint density at radius 3 is 2.82 bits per heavy atom. The number of nitro groups is 1. The SMILES string of the molecule is CNCC1CCCN(C(=O)CSc2ccc([N+](=O)[O-])cc2)C1. The van der Waals surface area contributed by atoms with Crippen LogP contribution < -0.4 is 5.32 Å². The Bertz CT molecular complexity index is 519. The van der Waals surface area contributed by atoms with Crippen LogP contribution in [-0.4, -0.2) is 48.2 Å². The van der Waals surface area contributed by atoms with Crippen LogP contribution in [0.3, 0.4) is 0 Å². The minimum absolute atomic E-state index is 0.0709.